The first-order chi connectivity index (χ1) is 5.77. The van der Waals surface area contributed by atoms with E-state index < -0.39 is 0 Å². The minimum atomic E-state index is -0.0339. The van der Waals surface area contributed by atoms with Crippen LogP contribution in [-0.2, 0) is 4.74 Å². The highest BCUT2D eigenvalue weighted by molar-refractivity contribution is 4.91. The lowest BCUT2D eigenvalue weighted by molar-refractivity contribution is 0.0595. The number of hydrogen-bond acceptors (Lipinski definition) is 3. The summed E-state index contributed by atoms with van der Waals surface area (Å²) < 4.78 is 4.88. The molecule has 0 N–H and O–H groups in total. The van der Waals surface area contributed by atoms with Gasteiger partial charge in [-0.15, -0.1) is 0 Å². The van der Waals surface area contributed by atoms with Gasteiger partial charge in [0, 0.05) is 12.3 Å². The molecule has 0 aromatic rings. The zero-order valence-corrected chi connectivity index (χ0v) is 7.16. The largest absolute Gasteiger partial charge is 0.424 e. The van der Waals surface area contributed by atoms with E-state index >= 15 is 0 Å². The molecule has 1 saturated carbocycles. The van der Waals surface area contributed by atoms with E-state index in [2.05, 4.69) is 13.0 Å². The summed E-state index contributed by atoms with van der Waals surface area (Å²) in [5.74, 6) is 0.494. The summed E-state index contributed by atoms with van der Waals surface area (Å²) in [5.41, 5.74) is 0. The number of nitrogens with zero attached hydrogens (tertiary/aromatic N) is 2. The van der Waals surface area contributed by atoms with Crippen molar-refractivity contribution in [3.05, 3.63) is 0 Å². The summed E-state index contributed by atoms with van der Waals surface area (Å²) in [6.07, 6.45) is 4.32. The van der Waals surface area contributed by atoms with Gasteiger partial charge < -0.3 is 4.74 Å². The fourth-order valence-electron chi connectivity index (χ4n) is 1.63. The fraction of sp³-hybridized carbons (Fsp3) is 0.778. The highest BCUT2D eigenvalue weighted by Gasteiger charge is 2.28. The SMILES string of the molecule is CC1CCC(C#N)CC1OC#N. The Labute approximate surface area is 72.6 Å². The molecule has 1 fully saturated rings. The minimum Gasteiger partial charge on any atom is -0.424 e. The van der Waals surface area contributed by atoms with Gasteiger partial charge in [-0.05, 0) is 18.8 Å². The Morgan fingerprint density at radius 3 is 2.67 bits per heavy atom. The number of ether oxygens (including phenoxy) is 1. The van der Waals surface area contributed by atoms with Gasteiger partial charge in [0.05, 0.1) is 6.07 Å². The van der Waals surface area contributed by atoms with Gasteiger partial charge in [-0.2, -0.15) is 10.5 Å². The van der Waals surface area contributed by atoms with Crippen molar-refractivity contribution < 1.29 is 4.74 Å². The van der Waals surface area contributed by atoms with E-state index in [9.17, 15) is 0 Å². The molecule has 0 aliphatic heterocycles. The van der Waals surface area contributed by atoms with Crippen molar-refractivity contribution in [2.75, 3.05) is 0 Å². The predicted molar refractivity (Wildman–Crippen MR) is 42.6 cm³/mol. The van der Waals surface area contributed by atoms with Gasteiger partial charge >= 0.3 is 0 Å². The van der Waals surface area contributed by atoms with Gasteiger partial charge in [0.2, 0.25) is 0 Å². The van der Waals surface area contributed by atoms with E-state index in [0.29, 0.717) is 12.3 Å². The van der Waals surface area contributed by atoms with Crippen molar-refractivity contribution in [1.29, 1.82) is 10.5 Å². The molecular weight excluding hydrogens is 152 g/mol. The molecule has 64 valence electrons. The van der Waals surface area contributed by atoms with E-state index in [0.717, 1.165) is 12.8 Å². The molecule has 0 heterocycles. The van der Waals surface area contributed by atoms with Crippen LogP contribution in [0.1, 0.15) is 26.2 Å². The van der Waals surface area contributed by atoms with Gasteiger partial charge in [-0.1, -0.05) is 6.92 Å². The molecule has 1 rings (SSSR count). The summed E-state index contributed by atoms with van der Waals surface area (Å²) in [4.78, 5) is 0. The van der Waals surface area contributed by atoms with Crippen LogP contribution in [0.5, 0.6) is 0 Å². The Morgan fingerprint density at radius 2 is 2.08 bits per heavy atom. The highest BCUT2D eigenvalue weighted by Crippen LogP contribution is 2.30. The monoisotopic (exact) mass is 164 g/mol. The molecule has 3 nitrogen and oxygen atoms in total. The lowest BCUT2D eigenvalue weighted by Crippen LogP contribution is -2.28. The number of rotatable bonds is 1. The first kappa shape index (κ1) is 8.87. The normalized spacial score (nSPS) is 34.8. The quantitative estimate of drug-likeness (QED) is 0.555. The summed E-state index contributed by atoms with van der Waals surface area (Å²) >= 11 is 0. The van der Waals surface area contributed by atoms with Crippen molar-refractivity contribution in [1.82, 2.24) is 0 Å². The summed E-state index contributed by atoms with van der Waals surface area (Å²) in [5, 5.41) is 17.0. The van der Waals surface area contributed by atoms with E-state index in [1.54, 1.807) is 6.26 Å². The molecule has 0 aromatic carbocycles. The molecule has 1 aliphatic carbocycles. The van der Waals surface area contributed by atoms with Gasteiger partial charge in [0.15, 0.2) is 0 Å². The maximum Gasteiger partial charge on any atom is 0.286 e. The van der Waals surface area contributed by atoms with E-state index in [4.69, 9.17) is 15.3 Å². The van der Waals surface area contributed by atoms with Crippen molar-refractivity contribution >= 4 is 0 Å². The number of nitriles is 2. The van der Waals surface area contributed by atoms with E-state index in [1.165, 1.54) is 0 Å². The standard InChI is InChI=1S/C9H12N2O/c1-7-2-3-8(5-10)4-9(7)12-6-11/h7-9H,2-4H2,1H3. The van der Waals surface area contributed by atoms with Crippen molar-refractivity contribution in [2.45, 2.75) is 32.3 Å². The third kappa shape index (κ3) is 1.89. The number of hydrogen-bond donors (Lipinski definition) is 0. The van der Waals surface area contributed by atoms with Gasteiger partial charge in [-0.25, -0.2) is 0 Å². The molecule has 0 spiro atoms. The molecule has 3 heteroatoms. The van der Waals surface area contributed by atoms with Gasteiger partial charge in [0.25, 0.3) is 6.26 Å². The summed E-state index contributed by atoms with van der Waals surface area (Å²) in [7, 11) is 0. The smallest absolute Gasteiger partial charge is 0.286 e. The van der Waals surface area contributed by atoms with Crippen LogP contribution in [0.3, 0.4) is 0 Å². The molecule has 0 aromatic heterocycles. The van der Waals surface area contributed by atoms with Crippen LogP contribution in [0.15, 0.2) is 0 Å². The zero-order valence-electron chi connectivity index (χ0n) is 7.16. The van der Waals surface area contributed by atoms with Crippen molar-refractivity contribution in [2.24, 2.45) is 11.8 Å². The molecule has 3 atom stereocenters. The van der Waals surface area contributed by atoms with Crippen LogP contribution in [0.25, 0.3) is 0 Å². The molecule has 0 saturated heterocycles. The second-order valence-electron chi connectivity index (χ2n) is 3.36. The molecule has 0 radical (unpaired) electrons. The van der Waals surface area contributed by atoms with Crippen molar-refractivity contribution in [3.8, 4) is 12.3 Å². The van der Waals surface area contributed by atoms with Crippen molar-refractivity contribution in [3.63, 3.8) is 0 Å². The molecule has 12 heavy (non-hydrogen) atoms. The van der Waals surface area contributed by atoms with E-state index in [1.807, 2.05) is 0 Å². The maximum atomic E-state index is 8.67. The molecule has 3 unspecified atom stereocenters. The third-order valence-corrected chi connectivity index (χ3v) is 2.51. The topological polar surface area (TPSA) is 56.8 Å². The Morgan fingerprint density at radius 1 is 1.33 bits per heavy atom. The fourth-order valence-corrected chi connectivity index (χ4v) is 1.63. The predicted octanol–water partition coefficient (Wildman–Crippen LogP) is 1.81. The average molecular weight is 164 g/mol. The first-order valence-electron chi connectivity index (χ1n) is 4.22. The first-order valence-corrected chi connectivity index (χ1v) is 4.22. The molecular formula is C9H12N2O. The Kier molecular flexibility index (Phi) is 2.94. The Bertz CT molecular complexity index is 226. The van der Waals surface area contributed by atoms with Crippen LogP contribution in [0, 0.1) is 34.7 Å². The lowest BCUT2D eigenvalue weighted by Gasteiger charge is -2.28. The van der Waals surface area contributed by atoms with E-state index in [-0.39, 0.29) is 12.0 Å². The van der Waals surface area contributed by atoms with Crippen LogP contribution in [0.4, 0.5) is 0 Å². The summed E-state index contributed by atoms with van der Waals surface area (Å²) in [6, 6.07) is 2.22. The summed E-state index contributed by atoms with van der Waals surface area (Å²) in [6.45, 7) is 2.07. The Balaban J connectivity index is 2.49. The van der Waals surface area contributed by atoms with Gasteiger partial charge in [0.1, 0.15) is 6.10 Å². The third-order valence-electron chi connectivity index (χ3n) is 2.51. The molecule has 0 amide bonds. The van der Waals surface area contributed by atoms with Crippen LogP contribution >= 0.6 is 0 Å². The second kappa shape index (κ2) is 3.97. The Hall–Kier alpha value is -1.22. The average Bonchev–Trinajstić information content (AvgIpc) is 2.09. The van der Waals surface area contributed by atoms with Gasteiger partial charge in [-0.3, -0.25) is 0 Å². The minimum absolute atomic E-state index is 0.0339. The zero-order chi connectivity index (χ0) is 8.97. The lowest BCUT2D eigenvalue weighted by atomic mass is 9.81. The van der Waals surface area contributed by atoms with Crippen LogP contribution < -0.4 is 0 Å². The molecule has 0 bridgehead atoms. The maximum absolute atomic E-state index is 8.67. The van der Waals surface area contributed by atoms with Crippen LogP contribution in [-0.4, -0.2) is 6.10 Å². The second-order valence-corrected chi connectivity index (χ2v) is 3.36. The van der Waals surface area contributed by atoms with Crippen LogP contribution in [0.2, 0.25) is 0 Å². The molecule has 1 aliphatic rings. The highest BCUT2D eigenvalue weighted by atomic mass is 16.5.